The van der Waals surface area contributed by atoms with Gasteiger partial charge in [-0.2, -0.15) is 5.10 Å². The van der Waals surface area contributed by atoms with Crippen LogP contribution < -0.4 is 10.5 Å². The van der Waals surface area contributed by atoms with Gasteiger partial charge in [0, 0.05) is 17.1 Å². The lowest BCUT2D eigenvalue weighted by Crippen LogP contribution is -2.43. The topological polar surface area (TPSA) is 92.4 Å². The van der Waals surface area contributed by atoms with E-state index in [1.54, 1.807) is 36.1 Å². The van der Waals surface area contributed by atoms with Crippen molar-refractivity contribution in [1.82, 2.24) is 10.2 Å². The molecule has 4 rings (SSSR count). The van der Waals surface area contributed by atoms with Gasteiger partial charge in [0.25, 0.3) is 11.5 Å². The van der Waals surface area contributed by atoms with E-state index in [1.165, 1.54) is 0 Å². The first-order chi connectivity index (χ1) is 14.0. The summed E-state index contributed by atoms with van der Waals surface area (Å²) in [5, 5.41) is 7.43. The van der Waals surface area contributed by atoms with Crippen molar-refractivity contribution in [3.8, 4) is 0 Å². The number of nitrogens with one attached hydrogen (secondary N) is 1. The van der Waals surface area contributed by atoms with E-state index in [0.717, 1.165) is 17.7 Å². The molecule has 0 saturated heterocycles. The van der Waals surface area contributed by atoms with Crippen molar-refractivity contribution < 1.29 is 14.3 Å². The van der Waals surface area contributed by atoms with Crippen molar-refractivity contribution >= 4 is 28.3 Å². The van der Waals surface area contributed by atoms with Crippen LogP contribution in [0.4, 0.5) is 5.69 Å². The van der Waals surface area contributed by atoms with Gasteiger partial charge in [-0.1, -0.05) is 36.4 Å². The number of hydrogen-bond acceptors (Lipinski definition) is 5. The van der Waals surface area contributed by atoms with E-state index >= 15 is 0 Å². The van der Waals surface area contributed by atoms with Crippen LogP contribution in [0.3, 0.4) is 0 Å². The van der Waals surface area contributed by atoms with E-state index in [2.05, 4.69) is 10.2 Å². The number of amides is 1. The zero-order valence-electron chi connectivity index (χ0n) is 16.2. The Hall–Kier alpha value is -3.48. The monoisotopic (exact) mass is 391 g/mol. The van der Waals surface area contributed by atoms with Crippen LogP contribution >= 0.6 is 0 Å². The highest BCUT2D eigenvalue weighted by Crippen LogP contribution is 2.32. The molecular weight excluding hydrogens is 370 g/mol. The van der Waals surface area contributed by atoms with E-state index in [-0.39, 0.29) is 23.9 Å². The average molecular weight is 391 g/mol. The second kappa shape index (κ2) is 7.50. The number of esters is 1. The molecule has 1 amide bonds. The van der Waals surface area contributed by atoms with Gasteiger partial charge in [-0.15, -0.1) is 0 Å². The second-order valence-corrected chi connectivity index (χ2v) is 7.24. The standard InChI is InChI=1S/C22H21N3O4/c1-13-11-15-7-3-6-10-19(15)25(13)22(28)14(2)29-20(26)12-18-16-8-4-5-9-17(16)21(27)24-23-18/h3-10,13-14H,11-12H2,1-2H3,(H,24,27)/t13-,14-/m1/s1. The summed E-state index contributed by atoms with van der Waals surface area (Å²) in [6, 6.07) is 14.7. The number of anilines is 1. The molecule has 0 saturated carbocycles. The van der Waals surface area contributed by atoms with Crippen LogP contribution in [0.1, 0.15) is 25.1 Å². The number of carbonyl (C=O) groups is 2. The van der Waals surface area contributed by atoms with Crippen LogP contribution in [0.15, 0.2) is 53.3 Å². The van der Waals surface area contributed by atoms with Crippen molar-refractivity contribution in [3.05, 3.63) is 70.1 Å². The molecule has 29 heavy (non-hydrogen) atoms. The maximum Gasteiger partial charge on any atom is 0.312 e. The molecule has 7 nitrogen and oxygen atoms in total. The number of H-pyrrole nitrogens is 1. The van der Waals surface area contributed by atoms with Crippen molar-refractivity contribution in [3.63, 3.8) is 0 Å². The average Bonchev–Trinajstić information content (AvgIpc) is 3.05. The SMILES string of the molecule is C[C@@H]1Cc2ccccc2N1C(=O)[C@@H](C)OC(=O)Cc1n[nH]c(=O)c2ccccc12. The second-order valence-electron chi connectivity index (χ2n) is 7.24. The third kappa shape index (κ3) is 3.51. The summed E-state index contributed by atoms with van der Waals surface area (Å²) in [6.07, 6.45) is -0.290. The maximum atomic E-state index is 12.9. The molecule has 1 aromatic heterocycles. The van der Waals surface area contributed by atoms with Gasteiger partial charge in [-0.25, -0.2) is 5.10 Å². The van der Waals surface area contributed by atoms with Crippen molar-refractivity contribution in [2.24, 2.45) is 0 Å². The normalized spacial score (nSPS) is 16.5. The number of fused-ring (bicyclic) bond motifs is 2. The van der Waals surface area contributed by atoms with Gasteiger partial charge in [-0.05, 0) is 38.0 Å². The predicted molar refractivity (Wildman–Crippen MR) is 109 cm³/mol. The Morgan fingerprint density at radius 2 is 1.86 bits per heavy atom. The maximum absolute atomic E-state index is 12.9. The molecule has 0 fully saturated rings. The quantitative estimate of drug-likeness (QED) is 0.690. The van der Waals surface area contributed by atoms with Crippen LogP contribution in [0.5, 0.6) is 0 Å². The molecule has 2 heterocycles. The molecule has 148 valence electrons. The Morgan fingerprint density at radius 1 is 1.17 bits per heavy atom. The fraction of sp³-hybridized carbons (Fsp3) is 0.273. The van der Waals surface area contributed by atoms with E-state index in [4.69, 9.17) is 4.74 Å². The number of hydrogen-bond donors (Lipinski definition) is 1. The Balaban J connectivity index is 1.49. The number of nitrogens with zero attached hydrogens (tertiary/aromatic N) is 2. The van der Waals surface area contributed by atoms with Crippen LogP contribution in [-0.4, -0.2) is 34.2 Å². The number of benzene rings is 2. The fourth-order valence-electron chi connectivity index (χ4n) is 3.83. The van der Waals surface area contributed by atoms with Gasteiger partial charge in [0.2, 0.25) is 0 Å². The van der Waals surface area contributed by atoms with Crippen LogP contribution in [0.2, 0.25) is 0 Å². The first-order valence-electron chi connectivity index (χ1n) is 9.52. The van der Waals surface area contributed by atoms with Crippen LogP contribution in [0.25, 0.3) is 10.8 Å². The molecule has 1 N–H and O–H groups in total. The number of ether oxygens (including phenoxy) is 1. The summed E-state index contributed by atoms with van der Waals surface area (Å²) in [6.45, 7) is 3.55. The van der Waals surface area contributed by atoms with Gasteiger partial charge in [0.15, 0.2) is 6.10 Å². The molecule has 2 atom stereocenters. The first kappa shape index (κ1) is 18.9. The van der Waals surface area contributed by atoms with E-state index in [1.807, 2.05) is 31.2 Å². The minimum Gasteiger partial charge on any atom is -0.452 e. The predicted octanol–water partition coefficient (Wildman–Crippen LogP) is 2.38. The summed E-state index contributed by atoms with van der Waals surface area (Å²) in [4.78, 5) is 39.0. The number of para-hydroxylation sites is 1. The highest BCUT2D eigenvalue weighted by atomic mass is 16.5. The number of aromatic nitrogens is 2. The molecule has 0 aliphatic carbocycles. The Morgan fingerprint density at radius 3 is 2.66 bits per heavy atom. The van der Waals surface area contributed by atoms with Crippen LogP contribution in [-0.2, 0) is 27.2 Å². The van der Waals surface area contributed by atoms with Gasteiger partial charge in [0.1, 0.15) is 0 Å². The minimum absolute atomic E-state index is 0.00543. The van der Waals surface area contributed by atoms with Gasteiger partial charge in [-0.3, -0.25) is 14.4 Å². The van der Waals surface area contributed by atoms with Gasteiger partial charge in [0.05, 0.1) is 17.5 Å². The molecular formula is C22H21N3O4. The molecule has 7 heteroatoms. The Labute approximate surface area is 167 Å². The summed E-state index contributed by atoms with van der Waals surface area (Å²) in [5.41, 5.74) is 2.06. The molecule has 3 aromatic rings. The summed E-state index contributed by atoms with van der Waals surface area (Å²) in [7, 11) is 0. The minimum atomic E-state index is -0.926. The van der Waals surface area contributed by atoms with Crippen molar-refractivity contribution in [1.29, 1.82) is 0 Å². The molecule has 1 aliphatic rings. The molecule has 0 unspecified atom stereocenters. The number of aromatic amines is 1. The number of carbonyl (C=O) groups excluding carboxylic acids is 2. The lowest BCUT2D eigenvalue weighted by Gasteiger charge is -2.25. The van der Waals surface area contributed by atoms with Crippen molar-refractivity contribution in [2.45, 2.75) is 38.8 Å². The van der Waals surface area contributed by atoms with Gasteiger partial charge >= 0.3 is 5.97 Å². The molecule has 0 spiro atoms. The van der Waals surface area contributed by atoms with Crippen LogP contribution in [0, 0.1) is 0 Å². The van der Waals surface area contributed by atoms with E-state index < -0.39 is 12.1 Å². The first-order valence-corrected chi connectivity index (χ1v) is 9.52. The Bertz CT molecular complexity index is 1150. The highest BCUT2D eigenvalue weighted by Gasteiger charge is 2.34. The number of rotatable bonds is 4. The fourth-order valence-corrected chi connectivity index (χ4v) is 3.83. The lowest BCUT2D eigenvalue weighted by molar-refractivity contribution is -0.153. The van der Waals surface area contributed by atoms with Gasteiger partial charge < -0.3 is 9.64 Å². The smallest absolute Gasteiger partial charge is 0.312 e. The molecule has 2 aromatic carbocycles. The molecule has 0 radical (unpaired) electrons. The zero-order chi connectivity index (χ0) is 20.5. The lowest BCUT2D eigenvalue weighted by atomic mass is 10.1. The zero-order valence-corrected chi connectivity index (χ0v) is 16.2. The molecule has 0 bridgehead atoms. The highest BCUT2D eigenvalue weighted by molar-refractivity contribution is 6.00. The van der Waals surface area contributed by atoms with E-state index in [9.17, 15) is 14.4 Å². The third-order valence-corrected chi connectivity index (χ3v) is 5.19. The Kier molecular flexibility index (Phi) is 4.88. The summed E-state index contributed by atoms with van der Waals surface area (Å²) in [5.74, 6) is -0.828. The largest absolute Gasteiger partial charge is 0.452 e. The molecule has 1 aliphatic heterocycles. The summed E-state index contributed by atoms with van der Waals surface area (Å²) >= 11 is 0. The third-order valence-electron chi connectivity index (χ3n) is 5.19. The van der Waals surface area contributed by atoms with E-state index in [0.29, 0.717) is 16.5 Å². The summed E-state index contributed by atoms with van der Waals surface area (Å²) < 4.78 is 5.41. The van der Waals surface area contributed by atoms with Crippen molar-refractivity contribution in [2.75, 3.05) is 4.90 Å².